The maximum absolute atomic E-state index is 11.8. The van der Waals surface area contributed by atoms with Gasteiger partial charge in [-0.1, -0.05) is 0 Å². The lowest BCUT2D eigenvalue weighted by atomic mass is 10.1. The summed E-state index contributed by atoms with van der Waals surface area (Å²) in [6, 6.07) is 18.6. The number of thiophene rings is 7. The normalized spacial score (nSPS) is 11.3. The molecule has 0 saturated heterocycles. The first-order chi connectivity index (χ1) is 29.1. The Kier molecular flexibility index (Phi) is 13.5. The molecule has 12 nitrogen and oxygen atoms in total. The molecule has 7 aromatic rings. The Bertz CT molecular complexity index is 2630. The topological polar surface area (TPSA) is 224 Å². The van der Waals surface area contributed by atoms with Crippen molar-refractivity contribution >= 4 is 115 Å². The van der Waals surface area contributed by atoms with E-state index in [1.165, 1.54) is 57.5 Å². The molecule has 0 bridgehead atoms. The second-order valence-corrected chi connectivity index (χ2v) is 21.0. The molecule has 0 aliphatic rings. The first-order valence-corrected chi connectivity index (χ1v) is 24.0. The molecular weight excluding hydrogens is 921 g/mol. The summed E-state index contributed by atoms with van der Waals surface area (Å²) in [6.45, 7) is 0. The quantitative estimate of drug-likeness (QED) is 0.0420. The lowest BCUT2D eigenvalue weighted by Crippen LogP contribution is -1.97. The number of aliphatic carboxylic acids is 4. The van der Waals surface area contributed by atoms with Gasteiger partial charge in [-0.25, -0.2) is 9.59 Å². The van der Waals surface area contributed by atoms with Gasteiger partial charge >= 0.3 is 35.8 Å². The van der Waals surface area contributed by atoms with Crippen LogP contribution in [-0.4, -0.2) is 66.5 Å². The average Bonchev–Trinajstić information content (AvgIpc) is 4.05. The molecule has 0 spiro atoms. The molecule has 314 valence electrons. The molecule has 61 heavy (non-hydrogen) atoms. The second kappa shape index (κ2) is 18.8. The van der Waals surface area contributed by atoms with Crippen molar-refractivity contribution < 1.29 is 59.4 Å². The zero-order valence-electron chi connectivity index (χ0n) is 31.4. The van der Waals surface area contributed by atoms with Gasteiger partial charge in [0.1, 0.15) is 9.75 Å². The fourth-order valence-corrected chi connectivity index (χ4v) is 14.8. The van der Waals surface area contributed by atoms with Gasteiger partial charge in [-0.2, -0.15) is 0 Å². The van der Waals surface area contributed by atoms with Crippen LogP contribution in [-0.2, 0) is 44.9 Å². The van der Waals surface area contributed by atoms with Crippen LogP contribution < -0.4 is 0 Å². The maximum atomic E-state index is 11.8. The van der Waals surface area contributed by atoms with Crippen molar-refractivity contribution in [2.24, 2.45) is 0 Å². The summed E-state index contributed by atoms with van der Waals surface area (Å²) in [5, 5.41) is 57.0. The predicted octanol–water partition coefficient (Wildman–Crippen LogP) is 11.6. The van der Waals surface area contributed by atoms with Crippen LogP contribution in [0.1, 0.15) is 67.3 Å². The van der Waals surface area contributed by atoms with Gasteiger partial charge < -0.3 is 30.6 Å². The maximum Gasteiger partial charge on any atom is 0.345 e. The van der Waals surface area contributed by atoms with Crippen LogP contribution in [0.4, 0.5) is 0 Å². The highest BCUT2D eigenvalue weighted by atomic mass is 32.1. The van der Waals surface area contributed by atoms with Crippen molar-refractivity contribution in [3.8, 4) is 58.5 Å². The van der Waals surface area contributed by atoms with Gasteiger partial charge in [0.05, 0.1) is 0 Å². The highest BCUT2D eigenvalue weighted by Crippen LogP contribution is 2.50. The van der Waals surface area contributed by atoms with Crippen LogP contribution in [0.5, 0.6) is 0 Å². The summed E-state index contributed by atoms with van der Waals surface area (Å²) < 4.78 is 0. The number of carboxylic acid groups (broad SMARTS) is 6. The molecule has 0 unspecified atom stereocenters. The molecule has 0 amide bonds. The van der Waals surface area contributed by atoms with E-state index in [0.717, 1.165) is 82.6 Å². The van der Waals surface area contributed by atoms with E-state index in [4.69, 9.17) is 0 Å². The monoisotopic (exact) mass is 952 g/mol. The highest BCUT2D eigenvalue weighted by Gasteiger charge is 2.23. The Balaban J connectivity index is 1.21. The van der Waals surface area contributed by atoms with Crippen LogP contribution in [0.25, 0.3) is 58.5 Å². The molecule has 0 saturated carbocycles. The minimum Gasteiger partial charge on any atom is -0.481 e. The lowest BCUT2D eigenvalue weighted by Gasteiger charge is -2.01. The molecule has 19 heteroatoms. The van der Waals surface area contributed by atoms with Crippen LogP contribution in [0.3, 0.4) is 0 Å². The Labute approximate surface area is 374 Å². The largest absolute Gasteiger partial charge is 0.481 e. The summed E-state index contributed by atoms with van der Waals surface area (Å²) in [6.07, 6.45) is 0.473. The third kappa shape index (κ3) is 10.3. The Morgan fingerprint density at radius 2 is 0.590 bits per heavy atom. The van der Waals surface area contributed by atoms with E-state index in [1.54, 1.807) is 11.3 Å². The molecule has 0 fully saturated rings. The summed E-state index contributed by atoms with van der Waals surface area (Å²) in [5.74, 6) is -6.02. The molecule has 0 aromatic carbocycles. The molecule has 0 aliphatic heterocycles. The van der Waals surface area contributed by atoms with Crippen molar-refractivity contribution in [2.75, 3.05) is 0 Å². The molecule has 7 aromatic heterocycles. The number of hydrogen-bond donors (Lipinski definition) is 6. The molecular formula is C42H32O12S7. The van der Waals surface area contributed by atoms with E-state index in [1.807, 2.05) is 48.5 Å². The second-order valence-electron chi connectivity index (χ2n) is 13.5. The number of carbonyl (C=O) groups is 6. The van der Waals surface area contributed by atoms with E-state index in [2.05, 4.69) is 0 Å². The molecule has 7 heterocycles. The van der Waals surface area contributed by atoms with Crippen LogP contribution in [0, 0.1) is 0 Å². The number of aryl methyl sites for hydroxylation is 4. The van der Waals surface area contributed by atoms with Crippen molar-refractivity contribution in [3.63, 3.8) is 0 Å². The summed E-state index contributed by atoms with van der Waals surface area (Å²) in [4.78, 5) is 80.1. The zero-order chi connectivity index (χ0) is 43.5. The number of hydrogen-bond acceptors (Lipinski definition) is 13. The first kappa shape index (κ1) is 43.8. The number of rotatable bonds is 20. The van der Waals surface area contributed by atoms with Crippen LogP contribution >= 0.6 is 79.4 Å². The Morgan fingerprint density at radius 1 is 0.328 bits per heavy atom. The van der Waals surface area contributed by atoms with E-state index in [0.29, 0.717) is 20.9 Å². The van der Waals surface area contributed by atoms with Crippen molar-refractivity contribution in [2.45, 2.75) is 51.4 Å². The van der Waals surface area contributed by atoms with Crippen LogP contribution in [0.15, 0.2) is 60.7 Å². The standard InChI is InChI=1S/C42H32O12S7/c43-33(44)11-1-19-15-29(58-37(19)25-7-9-27(56-25)39-21(3-13-35(47)48)17-31(60-39)41(51)52)23-5-6-24(55-23)30-16-20(2-12-34(45)46)38(59-30)26-8-10-28(57-26)40-22(4-14-36(49)50)18-32(61-40)42(53)54/h5-10,15-18H,1-4,11-14H2,(H,43,44)(H,45,46)(H,47,48)(H,49,50)(H,51,52)(H,53,54). The van der Waals surface area contributed by atoms with Crippen LogP contribution in [0.2, 0.25) is 0 Å². The van der Waals surface area contributed by atoms with Gasteiger partial charge in [-0.3, -0.25) is 19.2 Å². The summed E-state index contributed by atoms with van der Waals surface area (Å²) in [7, 11) is 0. The molecule has 7 rings (SSSR count). The smallest absolute Gasteiger partial charge is 0.345 e. The van der Waals surface area contributed by atoms with Crippen molar-refractivity contribution in [3.05, 3.63) is 92.7 Å². The van der Waals surface area contributed by atoms with Gasteiger partial charge in [0.15, 0.2) is 0 Å². The number of carboxylic acids is 6. The fraction of sp³-hybridized carbons (Fsp3) is 0.190. The lowest BCUT2D eigenvalue weighted by molar-refractivity contribution is -0.138. The van der Waals surface area contributed by atoms with Gasteiger partial charge in [0.2, 0.25) is 0 Å². The van der Waals surface area contributed by atoms with Gasteiger partial charge in [0.25, 0.3) is 0 Å². The van der Waals surface area contributed by atoms with Crippen molar-refractivity contribution in [1.82, 2.24) is 0 Å². The van der Waals surface area contributed by atoms with Crippen molar-refractivity contribution in [1.29, 1.82) is 0 Å². The zero-order valence-corrected chi connectivity index (χ0v) is 37.1. The summed E-state index contributed by atoms with van der Waals surface area (Å²) in [5.41, 5.74) is 2.99. The Morgan fingerprint density at radius 3 is 0.885 bits per heavy atom. The predicted molar refractivity (Wildman–Crippen MR) is 242 cm³/mol. The highest BCUT2D eigenvalue weighted by molar-refractivity contribution is 7.31. The van der Waals surface area contributed by atoms with Gasteiger partial charge in [-0.05, 0) is 109 Å². The minimum atomic E-state index is -1.09. The SMILES string of the molecule is O=C(O)CCc1cc(C(=O)O)sc1-c1ccc(-c2sc(-c3ccc(-c4cc(CCC(=O)O)c(-c5ccc(-c6sc(C(=O)O)cc6CCC(=O)O)s5)s4)s3)cc2CCC(=O)O)s1. The van der Waals surface area contributed by atoms with E-state index in [9.17, 15) is 59.4 Å². The molecule has 0 atom stereocenters. The third-order valence-corrected chi connectivity index (χ3v) is 18.3. The average molecular weight is 953 g/mol. The minimum absolute atomic E-state index is 0.0816. The fourth-order valence-electron chi connectivity index (χ4n) is 6.48. The summed E-state index contributed by atoms with van der Waals surface area (Å²) >= 11 is 9.65. The van der Waals surface area contributed by atoms with E-state index < -0.39 is 35.8 Å². The Hall–Kier alpha value is -5.28. The van der Waals surface area contributed by atoms with E-state index >= 15 is 0 Å². The van der Waals surface area contributed by atoms with Gasteiger partial charge in [0, 0.05) is 84.2 Å². The first-order valence-electron chi connectivity index (χ1n) is 18.3. The molecule has 6 N–H and O–H groups in total. The number of aromatic carboxylic acids is 2. The third-order valence-electron chi connectivity index (χ3n) is 9.29. The van der Waals surface area contributed by atoms with Gasteiger partial charge in [-0.15, -0.1) is 79.4 Å². The molecule has 0 aliphatic carbocycles. The molecule has 0 radical (unpaired) electrons. The van der Waals surface area contributed by atoms with E-state index in [-0.39, 0.29) is 61.1 Å².